The van der Waals surface area contributed by atoms with Gasteiger partial charge in [0, 0.05) is 18.9 Å². The molecule has 1 amide bonds. The second-order valence-corrected chi connectivity index (χ2v) is 7.21. The van der Waals surface area contributed by atoms with Gasteiger partial charge in [0.1, 0.15) is 30.5 Å². The van der Waals surface area contributed by atoms with Gasteiger partial charge in [0.2, 0.25) is 5.91 Å². The molecule has 8 nitrogen and oxygen atoms in total. The number of hydrogen-bond donors (Lipinski definition) is 2. The lowest BCUT2D eigenvalue weighted by Gasteiger charge is -2.25. The Morgan fingerprint density at radius 3 is 2.87 bits per heavy atom. The van der Waals surface area contributed by atoms with Crippen molar-refractivity contribution >= 4 is 11.6 Å². The molecule has 162 valence electrons. The molecule has 1 aromatic heterocycles. The largest absolute Gasteiger partial charge is 0.497 e. The Labute approximate surface area is 180 Å². The van der Waals surface area contributed by atoms with E-state index in [9.17, 15) is 4.79 Å². The highest BCUT2D eigenvalue weighted by molar-refractivity contribution is 5.95. The number of nitrogens with one attached hydrogen (secondary N) is 2. The van der Waals surface area contributed by atoms with E-state index in [0.29, 0.717) is 37.7 Å². The lowest BCUT2D eigenvalue weighted by atomic mass is 9.95. The number of methoxy groups -OCH3 is 2. The van der Waals surface area contributed by atoms with Crippen molar-refractivity contribution in [2.24, 2.45) is 5.92 Å². The van der Waals surface area contributed by atoms with Crippen LogP contribution in [0.1, 0.15) is 5.56 Å². The van der Waals surface area contributed by atoms with Gasteiger partial charge in [-0.2, -0.15) is 5.10 Å². The minimum Gasteiger partial charge on any atom is -0.497 e. The number of aromatic nitrogens is 2. The van der Waals surface area contributed by atoms with Gasteiger partial charge in [0.15, 0.2) is 0 Å². The maximum absolute atomic E-state index is 13.0. The van der Waals surface area contributed by atoms with E-state index in [1.165, 1.54) is 0 Å². The molecule has 2 N–H and O–H groups in total. The van der Waals surface area contributed by atoms with Crippen LogP contribution in [-0.4, -0.2) is 50.1 Å². The molecule has 8 heteroatoms. The summed E-state index contributed by atoms with van der Waals surface area (Å²) in [4.78, 5) is 13.0. The summed E-state index contributed by atoms with van der Waals surface area (Å²) < 4.78 is 22.0. The lowest BCUT2D eigenvalue weighted by molar-refractivity contribution is -0.121. The lowest BCUT2D eigenvalue weighted by Crippen LogP contribution is -2.32. The number of fused-ring (bicyclic) bond motifs is 1. The number of hydrogen-bond acceptors (Lipinski definition) is 6. The third-order valence-electron chi connectivity index (χ3n) is 5.16. The average molecular weight is 423 g/mol. The zero-order valence-electron chi connectivity index (χ0n) is 17.5. The topological polar surface area (TPSA) is 94.7 Å². The third-order valence-corrected chi connectivity index (χ3v) is 5.16. The fourth-order valence-corrected chi connectivity index (χ4v) is 3.47. The standard InChI is InChI=1S/C23H25N3O5/c1-28-7-8-30-22-11-15(18-12-24-25-13-18)3-5-20(22)26-23(27)17-9-16-10-19(29-2)4-6-21(16)31-14-17/h3-6,10-13,17H,7-9,14H2,1-2H3,(H,24,25)(H,26,27)/t17-/m1/s1. The van der Waals surface area contributed by atoms with E-state index in [-0.39, 0.29) is 11.8 Å². The van der Waals surface area contributed by atoms with Crippen molar-refractivity contribution in [1.82, 2.24) is 10.2 Å². The molecule has 0 aliphatic carbocycles. The number of amides is 1. The zero-order valence-corrected chi connectivity index (χ0v) is 17.5. The van der Waals surface area contributed by atoms with Gasteiger partial charge in [0.25, 0.3) is 0 Å². The summed E-state index contributed by atoms with van der Waals surface area (Å²) in [5.74, 6) is 1.66. The first kappa shape index (κ1) is 20.7. The summed E-state index contributed by atoms with van der Waals surface area (Å²) in [7, 11) is 3.23. The predicted octanol–water partition coefficient (Wildman–Crippen LogP) is 3.30. The van der Waals surface area contributed by atoms with Gasteiger partial charge < -0.3 is 24.3 Å². The number of ether oxygens (including phenoxy) is 4. The van der Waals surface area contributed by atoms with Crippen LogP contribution < -0.4 is 19.5 Å². The molecular formula is C23H25N3O5. The molecule has 0 saturated carbocycles. The van der Waals surface area contributed by atoms with Crippen LogP contribution in [-0.2, 0) is 16.0 Å². The van der Waals surface area contributed by atoms with Crippen molar-refractivity contribution in [3.05, 3.63) is 54.4 Å². The summed E-state index contributed by atoms with van der Waals surface area (Å²) in [6, 6.07) is 11.3. The SMILES string of the molecule is COCCOc1cc(-c2cn[nH]c2)ccc1NC(=O)[C@H]1COc2ccc(OC)cc2C1. The summed E-state index contributed by atoms with van der Waals surface area (Å²) in [6.45, 7) is 1.13. The van der Waals surface area contributed by atoms with Gasteiger partial charge in [-0.3, -0.25) is 9.89 Å². The van der Waals surface area contributed by atoms with Crippen molar-refractivity contribution in [1.29, 1.82) is 0 Å². The van der Waals surface area contributed by atoms with Gasteiger partial charge in [-0.15, -0.1) is 0 Å². The molecule has 0 bridgehead atoms. The molecule has 4 rings (SSSR count). The van der Waals surface area contributed by atoms with Crippen LogP contribution in [0, 0.1) is 5.92 Å². The van der Waals surface area contributed by atoms with Gasteiger partial charge in [-0.1, -0.05) is 6.07 Å². The zero-order chi connectivity index (χ0) is 21.6. The number of carbonyl (C=O) groups excluding carboxylic acids is 1. The van der Waals surface area contributed by atoms with Gasteiger partial charge in [-0.05, 0) is 47.9 Å². The molecule has 1 atom stereocenters. The summed E-state index contributed by atoms with van der Waals surface area (Å²) in [5.41, 5.74) is 3.42. The Morgan fingerprint density at radius 1 is 1.19 bits per heavy atom. The highest BCUT2D eigenvalue weighted by atomic mass is 16.5. The highest BCUT2D eigenvalue weighted by Crippen LogP contribution is 2.33. The number of anilines is 1. The second kappa shape index (κ2) is 9.53. The van der Waals surface area contributed by atoms with Gasteiger partial charge >= 0.3 is 0 Å². The van der Waals surface area contributed by atoms with Crippen molar-refractivity contribution in [3.63, 3.8) is 0 Å². The summed E-state index contributed by atoms with van der Waals surface area (Å²) in [5, 5.41) is 9.79. The van der Waals surface area contributed by atoms with Crippen LogP contribution in [0.3, 0.4) is 0 Å². The molecule has 0 unspecified atom stereocenters. The molecule has 1 aliphatic heterocycles. The third kappa shape index (κ3) is 4.80. The molecule has 0 fully saturated rings. The Hall–Kier alpha value is -3.52. The molecule has 2 aromatic carbocycles. The number of rotatable bonds is 8. The Kier molecular flexibility index (Phi) is 6.37. The van der Waals surface area contributed by atoms with Gasteiger partial charge in [-0.25, -0.2) is 0 Å². The number of aromatic amines is 1. The first-order chi connectivity index (χ1) is 15.2. The summed E-state index contributed by atoms with van der Waals surface area (Å²) in [6.07, 6.45) is 4.11. The first-order valence-electron chi connectivity index (χ1n) is 10.0. The fraction of sp³-hybridized carbons (Fsp3) is 0.304. The first-order valence-corrected chi connectivity index (χ1v) is 10.0. The fourth-order valence-electron chi connectivity index (χ4n) is 3.47. The van der Waals surface area contributed by atoms with E-state index >= 15 is 0 Å². The molecular weight excluding hydrogens is 398 g/mol. The van der Waals surface area contributed by atoms with Crippen molar-refractivity contribution < 1.29 is 23.7 Å². The van der Waals surface area contributed by atoms with Crippen LogP contribution in [0.25, 0.3) is 11.1 Å². The Bertz CT molecular complexity index is 1040. The second-order valence-electron chi connectivity index (χ2n) is 7.21. The molecule has 0 spiro atoms. The van der Waals surface area contributed by atoms with Crippen LogP contribution >= 0.6 is 0 Å². The Morgan fingerprint density at radius 2 is 2.10 bits per heavy atom. The van der Waals surface area contributed by atoms with Crippen LogP contribution in [0.2, 0.25) is 0 Å². The maximum Gasteiger partial charge on any atom is 0.231 e. The monoisotopic (exact) mass is 423 g/mol. The quantitative estimate of drug-likeness (QED) is 0.540. The van der Waals surface area contributed by atoms with E-state index < -0.39 is 0 Å². The molecule has 31 heavy (non-hydrogen) atoms. The van der Waals surface area contributed by atoms with Crippen molar-refractivity contribution in [3.8, 4) is 28.4 Å². The van der Waals surface area contributed by atoms with E-state index in [1.807, 2.05) is 36.4 Å². The average Bonchev–Trinajstić information content (AvgIpc) is 3.34. The molecule has 1 aliphatic rings. The molecule has 0 radical (unpaired) electrons. The number of carbonyl (C=O) groups is 1. The highest BCUT2D eigenvalue weighted by Gasteiger charge is 2.27. The molecule has 0 saturated heterocycles. The van der Waals surface area contributed by atoms with Gasteiger partial charge in [0.05, 0.1) is 31.5 Å². The minimum atomic E-state index is -0.319. The van der Waals surface area contributed by atoms with E-state index in [1.54, 1.807) is 26.6 Å². The van der Waals surface area contributed by atoms with E-state index in [0.717, 1.165) is 28.2 Å². The molecule has 2 heterocycles. The summed E-state index contributed by atoms with van der Waals surface area (Å²) >= 11 is 0. The Balaban J connectivity index is 1.51. The maximum atomic E-state index is 13.0. The normalized spacial score (nSPS) is 15.0. The van der Waals surface area contributed by atoms with Crippen molar-refractivity contribution in [2.75, 3.05) is 39.4 Å². The van der Waals surface area contributed by atoms with E-state index in [4.69, 9.17) is 18.9 Å². The van der Waals surface area contributed by atoms with Crippen LogP contribution in [0.5, 0.6) is 17.2 Å². The van der Waals surface area contributed by atoms with Crippen molar-refractivity contribution in [2.45, 2.75) is 6.42 Å². The van der Waals surface area contributed by atoms with Crippen LogP contribution in [0.15, 0.2) is 48.8 Å². The van der Waals surface area contributed by atoms with E-state index in [2.05, 4.69) is 15.5 Å². The number of benzene rings is 2. The predicted molar refractivity (Wildman–Crippen MR) is 116 cm³/mol. The molecule has 3 aromatic rings. The number of nitrogens with zero attached hydrogens (tertiary/aromatic N) is 1. The smallest absolute Gasteiger partial charge is 0.231 e. The minimum absolute atomic E-state index is 0.124. The van der Waals surface area contributed by atoms with Crippen LogP contribution in [0.4, 0.5) is 5.69 Å². The number of H-pyrrole nitrogens is 1.